The molecule has 0 bridgehead atoms. The van der Waals surface area contributed by atoms with Gasteiger partial charge in [0.15, 0.2) is 0 Å². The molecule has 5 heteroatoms. The number of hydrogen-bond donors (Lipinski definition) is 2. The van der Waals surface area contributed by atoms with Crippen LogP contribution in [0.4, 0.5) is 4.39 Å². The quantitative estimate of drug-likeness (QED) is 0.824. The van der Waals surface area contributed by atoms with Crippen molar-refractivity contribution in [2.75, 3.05) is 6.54 Å². The van der Waals surface area contributed by atoms with Gasteiger partial charge in [-0.05, 0) is 31.0 Å². The molecule has 2 N–H and O–H groups in total. The molecule has 1 aromatic heterocycles. The van der Waals surface area contributed by atoms with Gasteiger partial charge in [0.25, 0.3) is 0 Å². The molecular weight excluding hydrogens is 231 g/mol. The summed E-state index contributed by atoms with van der Waals surface area (Å²) in [6, 6.07) is 6.81. The first kappa shape index (κ1) is 12.7. The van der Waals surface area contributed by atoms with Gasteiger partial charge in [0.1, 0.15) is 5.82 Å². The second-order valence-electron chi connectivity index (χ2n) is 4.20. The summed E-state index contributed by atoms with van der Waals surface area (Å²) >= 11 is 0. The minimum absolute atomic E-state index is 0.0133. The highest BCUT2D eigenvalue weighted by Gasteiger charge is 2.15. The molecule has 1 unspecified atom stereocenters. The van der Waals surface area contributed by atoms with E-state index >= 15 is 0 Å². The maximum Gasteiger partial charge on any atom is 0.126 e. The number of benzene rings is 1. The lowest BCUT2D eigenvalue weighted by Crippen LogP contribution is -2.24. The van der Waals surface area contributed by atoms with Crippen molar-refractivity contribution >= 4 is 0 Å². The van der Waals surface area contributed by atoms with Crippen LogP contribution in [0, 0.1) is 5.82 Å². The highest BCUT2D eigenvalue weighted by Crippen LogP contribution is 2.17. The Balaban J connectivity index is 2.13. The van der Waals surface area contributed by atoms with Crippen LogP contribution in [-0.2, 0) is 6.42 Å². The first-order chi connectivity index (χ1) is 8.81. The van der Waals surface area contributed by atoms with Crippen molar-refractivity contribution in [3.8, 4) is 0 Å². The molecule has 2 rings (SSSR count). The van der Waals surface area contributed by atoms with Gasteiger partial charge < -0.3 is 5.32 Å². The van der Waals surface area contributed by atoms with Crippen molar-refractivity contribution in [3.63, 3.8) is 0 Å². The van der Waals surface area contributed by atoms with Crippen molar-refractivity contribution < 1.29 is 4.39 Å². The smallest absolute Gasteiger partial charge is 0.126 e. The van der Waals surface area contributed by atoms with E-state index in [1.807, 2.05) is 6.07 Å². The third-order valence-corrected chi connectivity index (χ3v) is 2.81. The summed E-state index contributed by atoms with van der Waals surface area (Å²) in [6.45, 7) is 2.96. The minimum Gasteiger partial charge on any atom is -0.308 e. The zero-order valence-electron chi connectivity index (χ0n) is 10.4. The Hall–Kier alpha value is -1.75. The topological polar surface area (TPSA) is 53.6 Å². The van der Waals surface area contributed by atoms with Gasteiger partial charge in [-0.25, -0.2) is 4.39 Å². The number of rotatable bonds is 6. The summed E-state index contributed by atoms with van der Waals surface area (Å²) in [4.78, 5) is 0. The third-order valence-electron chi connectivity index (χ3n) is 2.81. The maximum absolute atomic E-state index is 13.6. The predicted molar refractivity (Wildman–Crippen MR) is 67.5 cm³/mol. The fourth-order valence-corrected chi connectivity index (χ4v) is 1.86. The molecule has 0 aliphatic heterocycles. The fourth-order valence-electron chi connectivity index (χ4n) is 1.86. The summed E-state index contributed by atoms with van der Waals surface area (Å²) in [6.07, 6.45) is 3.26. The Morgan fingerprint density at radius 1 is 1.39 bits per heavy atom. The molecule has 0 saturated heterocycles. The molecule has 0 amide bonds. The van der Waals surface area contributed by atoms with Crippen LogP contribution < -0.4 is 5.32 Å². The van der Waals surface area contributed by atoms with Crippen molar-refractivity contribution in [1.29, 1.82) is 0 Å². The second kappa shape index (κ2) is 6.26. The molecule has 0 aliphatic carbocycles. The van der Waals surface area contributed by atoms with Crippen LogP contribution in [0.2, 0.25) is 0 Å². The van der Waals surface area contributed by atoms with Crippen LogP contribution >= 0.6 is 0 Å². The summed E-state index contributed by atoms with van der Waals surface area (Å²) < 4.78 is 13.6. The Bertz CT molecular complexity index is 470. The van der Waals surface area contributed by atoms with E-state index in [0.717, 1.165) is 18.7 Å². The van der Waals surface area contributed by atoms with E-state index in [-0.39, 0.29) is 11.9 Å². The zero-order valence-corrected chi connectivity index (χ0v) is 10.4. The summed E-state index contributed by atoms with van der Waals surface area (Å²) in [5, 5.41) is 13.8. The number of nitrogens with zero attached hydrogens (tertiary/aromatic N) is 2. The fraction of sp³-hybridized carbons (Fsp3) is 0.385. The van der Waals surface area contributed by atoms with Crippen LogP contribution in [0.15, 0.2) is 30.5 Å². The number of nitrogens with one attached hydrogen (secondary N) is 2. The molecule has 1 heterocycles. The number of aromatic amines is 1. The number of aromatic nitrogens is 3. The van der Waals surface area contributed by atoms with Gasteiger partial charge in [0.05, 0.1) is 17.9 Å². The molecule has 4 nitrogen and oxygen atoms in total. The van der Waals surface area contributed by atoms with E-state index in [2.05, 4.69) is 27.7 Å². The van der Waals surface area contributed by atoms with Gasteiger partial charge in [-0.2, -0.15) is 15.4 Å². The summed E-state index contributed by atoms with van der Waals surface area (Å²) in [5.74, 6) is -0.177. The van der Waals surface area contributed by atoms with E-state index in [4.69, 9.17) is 0 Å². The average molecular weight is 248 g/mol. The highest BCUT2D eigenvalue weighted by atomic mass is 19.1. The number of halogens is 1. The van der Waals surface area contributed by atoms with Crippen molar-refractivity contribution in [2.45, 2.75) is 25.8 Å². The molecule has 2 aromatic rings. The zero-order chi connectivity index (χ0) is 12.8. The van der Waals surface area contributed by atoms with E-state index in [9.17, 15) is 4.39 Å². The molecule has 1 atom stereocenters. The third kappa shape index (κ3) is 3.13. The van der Waals surface area contributed by atoms with E-state index in [0.29, 0.717) is 12.0 Å². The number of hydrogen-bond acceptors (Lipinski definition) is 3. The van der Waals surface area contributed by atoms with Crippen molar-refractivity contribution in [3.05, 3.63) is 47.5 Å². The molecule has 0 saturated carbocycles. The molecule has 18 heavy (non-hydrogen) atoms. The highest BCUT2D eigenvalue weighted by molar-refractivity contribution is 5.20. The van der Waals surface area contributed by atoms with Crippen molar-refractivity contribution in [2.24, 2.45) is 0 Å². The Morgan fingerprint density at radius 2 is 2.22 bits per heavy atom. The Labute approximate surface area is 106 Å². The van der Waals surface area contributed by atoms with E-state index < -0.39 is 0 Å². The van der Waals surface area contributed by atoms with Crippen LogP contribution in [0.3, 0.4) is 0 Å². The maximum atomic E-state index is 13.6. The van der Waals surface area contributed by atoms with Crippen molar-refractivity contribution in [1.82, 2.24) is 20.7 Å². The Morgan fingerprint density at radius 3 is 2.89 bits per heavy atom. The van der Waals surface area contributed by atoms with Crippen LogP contribution in [0.25, 0.3) is 0 Å². The van der Waals surface area contributed by atoms with Gasteiger partial charge in [0, 0.05) is 0 Å². The molecule has 0 fully saturated rings. The molecule has 96 valence electrons. The first-order valence-electron chi connectivity index (χ1n) is 6.13. The van der Waals surface area contributed by atoms with Crippen LogP contribution in [-0.4, -0.2) is 22.0 Å². The van der Waals surface area contributed by atoms with Gasteiger partial charge in [-0.1, -0.05) is 25.1 Å². The lowest BCUT2D eigenvalue weighted by Gasteiger charge is -2.16. The van der Waals surface area contributed by atoms with E-state index in [1.165, 1.54) is 6.07 Å². The monoisotopic (exact) mass is 248 g/mol. The van der Waals surface area contributed by atoms with Gasteiger partial charge in [-0.15, -0.1) is 0 Å². The SMILES string of the molecule is CCCNC(Cc1ccccc1F)c1cn[nH]n1. The minimum atomic E-state index is -0.177. The van der Waals surface area contributed by atoms with E-state index in [1.54, 1.807) is 18.3 Å². The molecule has 0 radical (unpaired) electrons. The van der Waals surface area contributed by atoms with Crippen LogP contribution in [0.5, 0.6) is 0 Å². The number of H-pyrrole nitrogens is 1. The molecule has 0 aliphatic rings. The average Bonchev–Trinajstić information content (AvgIpc) is 2.90. The molecule has 1 aromatic carbocycles. The molecular formula is C13H17FN4. The van der Waals surface area contributed by atoms with Gasteiger partial charge >= 0.3 is 0 Å². The van der Waals surface area contributed by atoms with Crippen LogP contribution in [0.1, 0.15) is 30.6 Å². The predicted octanol–water partition coefficient (Wildman–Crippen LogP) is 2.23. The lowest BCUT2D eigenvalue weighted by molar-refractivity contribution is 0.502. The Kier molecular flexibility index (Phi) is 4.41. The molecule has 0 spiro atoms. The van der Waals surface area contributed by atoms with Gasteiger partial charge in [-0.3, -0.25) is 0 Å². The lowest BCUT2D eigenvalue weighted by atomic mass is 10.0. The summed E-state index contributed by atoms with van der Waals surface area (Å²) in [7, 11) is 0. The summed E-state index contributed by atoms with van der Waals surface area (Å²) in [5.41, 5.74) is 1.50. The standard InChI is InChI=1S/C13H17FN4/c1-2-7-15-12(13-9-16-18-17-13)8-10-5-3-4-6-11(10)14/h3-6,9,12,15H,2,7-8H2,1H3,(H,16,17,18). The first-order valence-corrected chi connectivity index (χ1v) is 6.13. The van der Waals surface area contributed by atoms with Gasteiger partial charge in [0.2, 0.25) is 0 Å². The largest absolute Gasteiger partial charge is 0.308 e. The second-order valence-corrected chi connectivity index (χ2v) is 4.20. The normalized spacial score (nSPS) is 12.6.